The molecular weight excluding hydrogens is 282 g/mol. The first-order valence-electron chi connectivity index (χ1n) is 7.07. The van der Waals surface area contributed by atoms with Gasteiger partial charge in [-0.3, -0.25) is 9.56 Å². The molecule has 1 aromatic heterocycles. The Hall–Kier alpha value is -2.14. The van der Waals surface area contributed by atoms with Crippen LogP contribution in [0.3, 0.4) is 0 Å². The topological polar surface area (TPSA) is 53.3 Å². The Balaban J connectivity index is 1.98. The fourth-order valence-corrected chi connectivity index (χ4v) is 2.70. The predicted octanol–water partition coefficient (Wildman–Crippen LogP) is 4.31. The summed E-state index contributed by atoms with van der Waals surface area (Å²) in [6.45, 7) is 2.84. The SMILES string of the molecule is CCCCn1c(O)c(/C=C2\C=Nc3ccccc32)[nH]c1=S. The van der Waals surface area contributed by atoms with Crippen LogP contribution in [0.25, 0.3) is 11.6 Å². The largest absolute Gasteiger partial charge is 0.493 e. The number of H-pyrrole nitrogens is 1. The van der Waals surface area contributed by atoms with Gasteiger partial charge >= 0.3 is 0 Å². The van der Waals surface area contributed by atoms with Gasteiger partial charge in [-0.05, 0) is 30.8 Å². The van der Waals surface area contributed by atoms with E-state index in [2.05, 4.69) is 16.9 Å². The van der Waals surface area contributed by atoms with Crippen molar-refractivity contribution in [1.29, 1.82) is 0 Å². The maximum atomic E-state index is 10.3. The Kier molecular flexibility index (Phi) is 3.75. The van der Waals surface area contributed by atoms with Gasteiger partial charge in [0.15, 0.2) is 4.77 Å². The quantitative estimate of drug-likeness (QED) is 0.827. The number of aromatic nitrogens is 2. The first-order valence-corrected chi connectivity index (χ1v) is 7.48. The summed E-state index contributed by atoms with van der Waals surface area (Å²) in [6, 6.07) is 7.94. The number of hydrogen-bond donors (Lipinski definition) is 2. The van der Waals surface area contributed by atoms with Crippen LogP contribution in [-0.2, 0) is 6.54 Å². The molecule has 0 saturated carbocycles. The second kappa shape index (κ2) is 5.69. The smallest absolute Gasteiger partial charge is 0.217 e. The molecule has 4 nitrogen and oxygen atoms in total. The lowest BCUT2D eigenvalue weighted by Crippen LogP contribution is -1.96. The number of nitrogens with one attached hydrogen (secondary N) is 1. The van der Waals surface area contributed by atoms with E-state index in [0.717, 1.165) is 36.2 Å². The molecule has 108 valence electrons. The van der Waals surface area contributed by atoms with Crippen molar-refractivity contribution in [3.05, 3.63) is 40.3 Å². The van der Waals surface area contributed by atoms with Crippen LogP contribution < -0.4 is 0 Å². The van der Waals surface area contributed by atoms with Gasteiger partial charge in [-0.25, -0.2) is 0 Å². The van der Waals surface area contributed by atoms with E-state index in [-0.39, 0.29) is 5.88 Å². The molecule has 0 atom stereocenters. The summed E-state index contributed by atoms with van der Waals surface area (Å²) >= 11 is 5.28. The molecule has 2 aromatic rings. The Bertz CT molecular complexity index is 783. The summed E-state index contributed by atoms with van der Waals surface area (Å²) in [6.07, 6.45) is 5.75. The van der Waals surface area contributed by atoms with Gasteiger partial charge in [0.2, 0.25) is 5.88 Å². The molecule has 0 unspecified atom stereocenters. The third-order valence-corrected chi connectivity index (χ3v) is 3.90. The van der Waals surface area contributed by atoms with Crippen molar-refractivity contribution in [3.63, 3.8) is 0 Å². The number of imidazole rings is 1. The average Bonchev–Trinajstić information content (AvgIpc) is 3.01. The monoisotopic (exact) mass is 299 g/mol. The van der Waals surface area contributed by atoms with E-state index in [1.807, 2.05) is 36.6 Å². The van der Waals surface area contributed by atoms with E-state index >= 15 is 0 Å². The Morgan fingerprint density at radius 3 is 3.00 bits per heavy atom. The third kappa shape index (κ3) is 2.56. The molecule has 0 aliphatic carbocycles. The van der Waals surface area contributed by atoms with Crippen LogP contribution in [0.1, 0.15) is 31.0 Å². The van der Waals surface area contributed by atoms with Gasteiger partial charge < -0.3 is 10.1 Å². The number of hydrogen-bond acceptors (Lipinski definition) is 3. The predicted molar refractivity (Wildman–Crippen MR) is 88.7 cm³/mol. The van der Waals surface area contributed by atoms with Gasteiger partial charge in [0.25, 0.3) is 0 Å². The maximum absolute atomic E-state index is 10.3. The standard InChI is InChI=1S/C16H17N3OS/c1-2-3-8-19-15(20)14(18-16(19)21)9-11-10-17-13-7-5-4-6-12(11)13/h4-7,9-10,20H,2-3,8H2,1H3,(H,18,21)/b11-9+. The number of nitrogens with zero attached hydrogens (tertiary/aromatic N) is 2. The molecule has 5 heteroatoms. The van der Waals surface area contributed by atoms with Crippen LogP contribution in [0, 0.1) is 4.77 Å². The summed E-state index contributed by atoms with van der Waals surface area (Å²) in [5.41, 5.74) is 3.62. The van der Waals surface area contributed by atoms with E-state index in [1.165, 1.54) is 0 Å². The maximum Gasteiger partial charge on any atom is 0.217 e. The zero-order chi connectivity index (χ0) is 14.8. The van der Waals surface area contributed by atoms with Crippen LogP contribution in [0.15, 0.2) is 29.3 Å². The van der Waals surface area contributed by atoms with Gasteiger partial charge in [0.05, 0.1) is 5.69 Å². The van der Waals surface area contributed by atoms with Crippen molar-refractivity contribution in [2.24, 2.45) is 4.99 Å². The van der Waals surface area contributed by atoms with Crippen LogP contribution in [0.4, 0.5) is 5.69 Å². The van der Waals surface area contributed by atoms with Gasteiger partial charge in [0, 0.05) is 23.9 Å². The van der Waals surface area contributed by atoms with E-state index in [1.54, 1.807) is 4.57 Å². The molecule has 0 amide bonds. The number of unbranched alkanes of at least 4 members (excludes halogenated alkanes) is 1. The average molecular weight is 299 g/mol. The number of benzene rings is 1. The molecule has 0 fully saturated rings. The van der Waals surface area contributed by atoms with E-state index in [4.69, 9.17) is 12.2 Å². The minimum atomic E-state index is 0.193. The highest BCUT2D eigenvalue weighted by Crippen LogP contribution is 2.33. The summed E-state index contributed by atoms with van der Waals surface area (Å²) in [5.74, 6) is 0.193. The zero-order valence-corrected chi connectivity index (χ0v) is 12.7. The molecule has 1 aliphatic rings. The van der Waals surface area contributed by atoms with Crippen LogP contribution in [-0.4, -0.2) is 20.9 Å². The zero-order valence-electron chi connectivity index (χ0n) is 11.8. The molecule has 0 radical (unpaired) electrons. The molecule has 0 spiro atoms. The van der Waals surface area contributed by atoms with Crippen molar-refractivity contribution in [2.75, 3.05) is 0 Å². The Morgan fingerprint density at radius 1 is 1.38 bits per heavy atom. The first-order chi connectivity index (χ1) is 10.2. The van der Waals surface area contributed by atoms with Crippen molar-refractivity contribution >= 4 is 35.8 Å². The fraction of sp³-hybridized carbons (Fsp3) is 0.250. The fourth-order valence-electron chi connectivity index (χ4n) is 2.41. The van der Waals surface area contributed by atoms with Crippen LogP contribution >= 0.6 is 12.2 Å². The van der Waals surface area contributed by atoms with Crippen molar-refractivity contribution < 1.29 is 5.11 Å². The number of para-hydroxylation sites is 1. The van der Waals surface area contributed by atoms with Crippen molar-refractivity contribution in [1.82, 2.24) is 9.55 Å². The van der Waals surface area contributed by atoms with Gasteiger partial charge in [-0.15, -0.1) is 0 Å². The number of fused-ring (bicyclic) bond motifs is 1. The lowest BCUT2D eigenvalue weighted by molar-refractivity contribution is 0.410. The third-order valence-electron chi connectivity index (χ3n) is 3.58. The second-order valence-electron chi connectivity index (χ2n) is 5.05. The minimum Gasteiger partial charge on any atom is -0.493 e. The highest BCUT2D eigenvalue weighted by atomic mass is 32.1. The van der Waals surface area contributed by atoms with Gasteiger partial charge in [-0.1, -0.05) is 31.5 Å². The Morgan fingerprint density at radius 2 is 2.19 bits per heavy atom. The molecule has 3 rings (SSSR count). The second-order valence-corrected chi connectivity index (χ2v) is 5.43. The van der Waals surface area contributed by atoms with E-state index in [9.17, 15) is 5.11 Å². The molecule has 0 bridgehead atoms. The molecule has 2 N–H and O–H groups in total. The molecular formula is C16H17N3OS. The van der Waals surface area contributed by atoms with E-state index < -0.39 is 0 Å². The van der Waals surface area contributed by atoms with E-state index in [0.29, 0.717) is 10.5 Å². The van der Waals surface area contributed by atoms with Crippen LogP contribution in [0.5, 0.6) is 5.88 Å². The number of rotatable bonds is 4. The van der Waals surface area contributed by atoms with Gasteiger partial charge in [0.1, 0.15) is 5.69 Å². The lowest BCUT2D eigenvalue weighted by atomic mass is 10.1. The lowest BCUT2D eigenvalue weighted by Gasteiger charge is -2.02. The van der Waals surface area contributed by atoms with Crippen molar-refractivity contribution in [2.45, 2.75) is 26.3 Å². The molecule has 0 saturated heterocycles. The summed E-state index contributed by atoms with van der Waals surface area (Å²) in [5, 5.41) is 10.3. The number of aliphatic imine (C=N–C) groups is 1. The molecule has 1 aliphatic heterocycles. The number of allylic oxidation sites excluding steroid dienone is 1. The molecule has 1 aromatic carbocycles. The van der Waals surface area contributed by atoms with Crippen molar-refractivity contribution in [3.8, 4) is 5.88 Å². The minimum absolute atomic E-state index is 0.193. The highest BCUT2D eigenvalue weighted by molar-refractivity contribution is 7.71. The first kappa shape index (κ1) is 13.8. The van der Waals surface area contributed by atoms with Gasteiger partial charge in [-0.2, -0.15) is 0 Å². The van der Waals surface area contributed by atoms with Crippen LogP contribution in [0.2, 0.25) is 0 Å². The number of aromatic amines is 1. The highest BCUT2D eigenvalue weighted by Gasteiger charge is 2.14. The number of aromatic hydroxyl groups is 1. The molecule has 21 heavy (non-hydrogen) atoms. The molecule has 2 heterocycles. The summed E-state index contributed by atoms with van der Waals surface area (Å²) < 4.78 is 2.29. The summed E-state index contributed by atoms with van der Waals surface area (Å²) in [4.78, 5) is 7.43. The summed E-state index contributed by atoms with van der Waals surface area (Å²) in [7, 11) is 0. The normalized spacial score (nSPS) is 14.8. The Labute approximate surface area is 128 Å².